The van der Waals surface area contributed by atoms with Crippen LogP contribution in [0.2, 0.25) is 0 Å². The van der Waals surface area contributed by atoms with Crippen molar-refractivity contribution in [3.63, 3.8) is 0 Å². The van der Waals surface area contributed by atoms with E-state index in [-0.39, 0.29) is 0 Å². The van der Waals surface area contributed by atoms with E-state index in [2.05, 4.69) is 18.7 Å². The first-order valence-electron chi connectivity index (χ1n) is 4.23. The lowest BCUT2D eigenvalue weighted by atomic mass is 10.0. The Balaban J connectivity index is 2.47. The van der Waals surface area contributed by atoms with Crippen molar-refractivity contribution < 1.29 is 0 Å². The van der Waals surface area contributed by atoms with Crippen LogP contribution in [0.1, 0.15) is 12.0 Å². The summed E-state index contributed by atoms with van der Waals surface area (Å²) < 4.78 is 0. The molecule has 0 aliphatic rings. The van der Waals surface area contributed by atoms with E-state index in [1.54, 1.807) is 0 Å². The zero-order valence-corrected chi connectivity index (χ0v) is 7.29. The third kappa shape index (κ3) is 2.89. The molecule has 1 heteroatoms. The first-order valence-corrected chi connectivity index (χ1v) is 4.23. The second-order valence-corrected chi connectivity index (χ2v) is 2.95. The maximum Gasteiger partial charge on any atom is -0.00399 e. The summed E-state index contributed by atoms with van der Waals surface area (Å²) in [5.41, 5.74) is 7.95. The Kier molecular flexibility index (Phi) is 3.55. The number of nitrogens with two attached hydrogens (primary N) is 1. The minimum atomic E-state index is 0.700. The molecular weight excluding hydrogens is 146 g/mol. The van der Waals surface area contributed by atoms with Gasteiger partial charge in [-0.2, -0.15) is 0 Å². The van der Waals surface area contributed by atoms with Gasteiger partial charge in [-0.1, -0.05) is 42.5 Å². The van der Waals surface area contributed by atoms with Crippen molar-refractivity contribution in [1.29, 1.82) is 0 Å². The summed E-state index contributed by atoms with van der Waals surface area (Å²) >= 11 is 0. The zero-order valence-electron chi connectivity index (χ0n) is 7.29. The van der Waals surface area contributed by atoms with E-state index in [0.717, 1.165) is 12.8 Å². The first kappa shape index (κ1) is 9.01. The lowest BCUT2D eigenvalue weighted by molar-refractivity contribution is 0.914. The monoisotopic (exact) mass is 161 g/mol. The Bertz CT molecular complexity index is 238. The molecule has 1 nitrogen and oxygen atoms in total. The number of rotatable bonds is 4. The second kappa shape index (κ2) is 4.73. The SMILES string of the molecule is C=C(CCN)Cc1ccccc1. The molecule has 0 saturated carbocycles. The van der Waals surface area contributed by atoms with Gasteiger partial charge in [0.1, 0.15) is 0 Å². The molecule has 0 unspecified atom stereocenters. The first-order chi connectivity index (χ1) is 5.83. The van der Waals surface area contributed by atoms with Crippen molar-refractivity contribution >= 4 is 0 Å². The Morgan fingerprint density at radius 2 is 1.92 bits per heavy atom. The van der Waals surface area contributed by atoms with Crippen LogP contribution in [-0.4, -0.2) is 6.54 Å². The van der Waals surface area contributed by atoms with Crippen LogP contribution < -0.4 is 5.73 Å². The molecule has 1 rings (SSSR count). The van der Waals surface area contributed by atoms with E-state index in [4.69, 9.17) is 5.73 Å². The Labute approximate surface area is 73.9 Å². The molecule has 0 spiro atoms. The lowest BCUT2D eigenvalue weighted by Gasteiger charge is -2.02. The molecule has 1 aromatic rings. The van der Waals surface area contributed by atoms with Crippen molar-refractivity contribution in [3.8, 4) is 0 Å². The molecule has 64 valence electrons. The fraction of sp³-hybridized carbons (Fsp3) is 0.273. The van der Waals surface area contributed by atoms with E-state index in [0.29, 0.717) is 6.54 Å². The Morgan fingerprint density at radius 1 is 1.25 bits per heavy atom. The molecule has 0 heterocycles. The van der Waals surface area contributed by atoms with Crippen molar-refractivity contribution in [3.05, 3.63) is 48.0 Å². The Hall–Kier alpha value is -1.08. The molecule has 0 radical (unpaired) electrons. The summed E-state index contributed by atoms with van der Waals surface area (Å²) in [6.07, 6.45) is 1.88. The normalized spacial score (nSPS) is 9.75. The molecule has 1 aromatic carbocycles. The van der Waals surface area contributed by atoms with Crippen molar-refractivity contribution in [2.24, 2.45) is 5.73 Å². The minimum Gasteiger partial charge on any atom is -0.330 e. The van der Waals surface area contributed by atoms with Gasteiger partial charge in [0.15, 0.2) is 0 Å². The molecule has 0 aliphatic heterocycles. The quantitative estimate of drug-likeness (QED) is 0.673. The molecule has 12 heavy (non-hydrogen) atoms. The van der Waals surface area contributed by atoms with Crippen LogP contribution in [0.25, 0.3) is 0 Å². The summed E-state index contributed by atoms with van der Waals surface area (Å²) in [5, 5.41) is 0. The van der Waals surface area contributed by atoms with Crippen LogP contribution >= 0.6 is 0 Å². The fourth-order valence-electron chi connectivity index (χ4n) is 1.18. The predicted octanol–water partition coefficient (Wildman–Crippen LogP) is 2.13. The van der Waals surface area contributed by atoms with Gasteiger partial charge in [0.2, 0.25) is 0 Å². The standard InChI is InChI=1S/C11H15N/c1-10(7-8-12)9-11-5-3-2-4-6-11/h2-6H,1,7-9,12H2. The molecule has 0 aliphatic carbocycles. The maximum absolute atomic E-state index is 5.42. The van der Waals surface area contributed by atoms with E-state index >= 15 is 0 Å². The van der Waals surface area contributed by atoms with E-state index in [1.807, 2.05) is 18.2 Å². The Morgan fingerprint density at radius 3 is 2.50 bits per heavy atom. The zero-order chi connectivity index (χ0) is 8.81. The minimum absolute atomic E-state index is 0.700. The van der Waals surface area contributed by atoms with Gasteiger partial charge < -0.3 is 5.73 Å². The summed E-state index contributed by atoms with van der Waals surface area (Å²) in [4.78, 5) is 0. The van der Waals surface area contributed by atoms with Crippen LogP contribution in [0, 0.1) is 0 Å². The van der Waals surface area contributed by atoms with E-state index < -0.39 is 0 Å². The summed E-state index contributed by atoms with van der Waals surface area (Å²) in [7, 11) is 0. The number of benzene rings is 1. The second-order valence-electron chi connectivity index (χ2n) is 2.95. The highest BCUT2D eigenvalue weighted by Gasteiger charge is 1.94. The van der Waals surface area contributed by atoms with Crippen LogP contribution in [0.5, 0.6) is 0 Å². The van der Waals surface area contributed by atoms with Gasteiger partial charge >= 0.3 is 0 Å². The largest absolute Gasteiger partial charge is 0.330 e. The van der Waals surface area contributed by atoms with Gasteiger partial charge in [0.05, 0.1) is 0 Å². The number of hydrogen-bond donors (Lipinski definition) is 1. The highest BCUT2D eigenvalue weighted by atomic mass is 14.5. The third-order valence-electron chi connectivity index (χ3n) is 1.79. The predicted molar refractivity (Wildman–Crippen MR) is 53.0 cm³/mol. The molecule has 0 aromatic heterocycles. The topological polar surface area (TPSA) is 26.0 Å². The van der Waals surface area contributed by atoms with Gasteiger partial charge in [-0.05, 0) is 24.9 Å². The highest BCUT2D eigenvalue weighted by Crippen LogP contribution is 2.07. The highest BCUT2D eigenvalue weighted by molar-refractivity contribution is 5.20. The maximum atomic E-state index is 5.42. The van der Waals surface area contributed by atoms with Crippen molar-refractivity contribution in [2.75, 3.05) is 6.54 Å². The van der Waals surface area contributed by atoms with Gasteiger partial charge in [-0.25, -0.2) is 0 Å². The molecule has 0 bridgehead atoms. The summed E-state index contributed by atoms with van der Waals surface area (Å²) in [6.45, 7) is 4.66. The van der Waals surface area contributed by atoms with Gasteiger partial charge in [0, 0.05) is 0 Å². The van der Waals surface area contributed by atoms with Gasteiger partial charge in [-0.15, -0.1) is 0 Å². The third-order valence-corrected chi connectivity index (χ3v) is 1.79. The summed E-state index contributed by atoms with van der Waals surface area (Å²) in [6, 6.07) is 10.3. The molecular formula is C11H15N. The van der Waals surface area contributed by atoms with Gasteiger partial charge in [-0.3, -0.25) is 0 Å². The summed E-state index contributed by atoms with van der Waals surface area (Å²) in [5.74, 6) is 0. The van der Waals surface area contributed by atoms with Crippen LogP contribution in [0.4, 0.5) is 0 Å². The lowest BCUT2D eigenvalue weighted by Crippen LogP contribution is -2.01. The van der Waals surface area contributed by atoms with Crippen molar-refractivity contribution in [1.82, 2.24) is 0 Å². The molecule has 0 saturated heterocycles. The average molecular weight is 161 g/mol. The molecule has 2 N–H and O–H groups in total. The van der Waals surface area contributed by atoms with Crippen LogP contribution in [-0.2, 0) is 6.42 Å². The van der Waals surface area contributed by atoms with Crippen LogP contribution in [0.3, 0.4) is 0 Å². The molecule has 0 atom stereocenters. The smallest absolute Gasteiger partial charge is 0.00399 e. The van der Waals surface area contributed by atoms with Crippen LogP contribution in [0.15, 0.2) is 42.5 Å². The number of hydrogen-bond acceptors (Lipinski definition) is 1. The molecule has 0 fully saturated rings. The van der Waals surface area contributed by atoms with E-state index in [1.165, 1.54) is 11.1 Å². The van der Waals surface area contributed by atoms with Gasteiger partial charge in [0.25, 0.3) is 0 Å². The van der Waals surface area contributed by atoms with Crippen molar-refractivity contribution in [2.45, 2.75) is 12.8 Å². The molecule has 0 amide bonds. The average Bonchev–Trinajstić information content (AvgIpc) is 2.06. The van der Waals surface area contributed by atoms with E-state index in [9.17, 15) is 0 Å². The fourth-order valence-corrected chi connectivity index (χ4v) is 1.18.